The van der Waals surface area contributed by atoms with Crippen LogP contribution in [0, 0.1) is 6.92 Å². The summed E-state index contributed by atoms with van der Waals surface area (Å²) in [7, 11) is 1.77. The Kier molecular flexibility index (Phi) is 5.07. The maximum Gasteiger partial charge on any atom is 0.266 e. The van der Waals surface area contributed by atoms with Gasteiger partial charge in [0.25, 0.3) is 11.9 Å². The third-order valence-electron chi connectivity index (χ3n) is 5.16. The largest absolute Gasteiger partial charge is 0.334 e. The third kappa shape index (κ3) is 4.01. The second-order valence-electron chi connectivity index (χ2n) is 7.23. The molecule has 3 aromatic rings. The second kappa shape index (κ2) is 7.83. The van der Waals surface area contributed by atoms with Crippen molar-refractivity contribution in [2.75, 3.05) is 23.3 Å². The topological polar surface area (TPSA) is 88.8 Å². The molecule has 0 saturated heterocycles. The molecule has 29 heavy (non-hydrogen) atoms. The Bertz CT molecular complexity index is 1070. The molecule has 1 amide bonds. The van der Waals surface area contributed by atoms with E-state index in [0.717, 1.165) is 36.3 Å². The minimum Gasteiger partial charge on any atom is -0.334 e. The van der Waals surface area contributed by atoms with Crippen LogP contribution in [0.25, 0.3) is 5.57 Å². The highest BCUT2D eigenvalue weighted by atomic mass is 16.1. The number of nitrogens with one attached hydrogen (secondary N) is 1. The molecular formula is C21H23N7O. The summed E-state index contributed by atoms with van der Waals surface area (Å²) >= 11 is 0. The molecular weight excluding hydrogens is 366 g/mol. The lowest BCUT2D eigenvalue weighted by Gasteiger charge is -2.29. The molecule has 1 aromatic carbocycles. The summed E-state index contributed by atoms with van der Waals surface area (Å²) in [4.78, 5) is 20.1. The molecule has 0 aliphatic carbocycles. The van der Waals surface area contributed by atoms with Crippen LogP contribution in [0.15, 0.2) is 48.3 Å². The SMILES string of the molecule is CC1=C(c2ccc(NC(=O)c3ccncc3C)cc2)CN(c2nnn(C)n2)CC1. The minimum absolute atomic E-state index is 0.134. The molecule has 148 valence electrons. The van der Waals surface area contributed by atoms with Crippen LogP contribution < -0.4 is 10.2 Å². The van der Waals surface area contributed by atoms with E-state index in [1.54, 1.807) is 25.5 Å². The van der Waals surface area contributed by atoms with E-state index in [2.05, 4.69) is 37.5 Å². The van der Waals surface area contributed by atoms with Crippen LogP contribution in [0.5, 0.6) is 0 Å². The number of carbonyl (C=O) groups excluding carboxylic acids is 1. The van der Waals surface area contributed by atoms with E-state index in [0.29, 0.717) is 11.5 Å². The molecule has 0 unspecified atom stereocenters. The van der Waals surface area contributed by atoms with Gasteiger partial charge in [-0.05, 0) is 60.4 Å². The standard InChI is InChI=1S/C21H23N7O/c1-14-9-11-28(21-24-26-27(3)25-21)13-19(14)16-4-6-17(7-5-16)23-20(29)18-8-10-22-12-15(18)2/h4-8,10,12H,9,11,13H2,1-3H3,(H,23,29). The molecule has 0 bridgehead atoms. The van der Waals surface area contributed by atoms with Crippen molar-refractivity contribution in [1.29, 1.82) is 0 Å². The van der Waals surface area contributed by atoms with Crippen LogP contribution in [0.2, 0.25) is 0 Å². The van der Waals surface area contributed by atoms with Gasteiger partial charge in [-0.1, -0.05) is 22.8 Å². The van der Waals surface area contributed by atoms with Crippen molar-refractivity contribution in [3.05, 3.63) is 65.0 Å². The van der Waals surface area contributed by atoms with Crippen molar-refractivity contribution in [2.24, 2.45) is 7.05 Å². The van der Waals surface area contributed by atoms with Gasteiger partial charge >= 0.3 is 0 Å². The van der Waals surface area contributed by atoms with E-state index < -0.39 is 0 Å². The van der Waals surface area contributed by atoms with Crippen LogP contribution in [0.3, 0.4) is 0 Å². The van der Waals surface area contributed by atoms with Gasteiger partial charge in [0, 0.05) is 36.7 Å². The van der Waals surface area contributed by atoms with E-state index >= 15 is 0 Å². The van der Waals surface area contributed by atoms with Crippen molar-refractivity contribution < 1.29 is 4.79 Å². The Hall–Kier alpha value is -3.55. The molecule has 3 heterocycles. The molecule has 1 aliphatic heterocycles. The van der Waals surface area contributed by atoms with Gasteiger partial charge < -0.3 is 10.2 Å². The number of hydrogen-bond acceptors (Lipinski definition) is 6. The zero-order valence-electron chi connectivity index (χ0n) is 16.8. The quantitative estimate of drug-likeness (QED) is 0.738. The first-order chi connectivity index (χ1) is 14.0. The van der Waals surface area contributed by atoms with Gasteiger partial charge in [-0.3, -0.25) is 9.78 Å². The van der Waals surface area contributed by atoms with Gasteiger partial charge in [0.05, 0.1) is 7.05 Å². The molecule has 1 aliphatic rings. The second-order valence-corrected chi connectivity index (χ2v) is 7.23. The molecule has 0 spiro atoms. The van der Waals surface area contributed by atoms with E-state index in [1.165, 1.54) is 15.9 Å². The van der Waals surface area contributed by atoms with Gasteiger partial charge in [0.2, 0.25) is 0 Å². The number of anilines is 2. The number of rotatable bonds is 4. The first kappa shape index (κ1) is 18.8. The van der Waals surface area contributed by atoms with Gasteiger partial charge in [0.15, 0.2) is 0 Å². The van der Waals surface area contributed by atoms with Gasteiger partial charge in [-0.25, -0.2) is 0 Å². The lowest BCUT2D eigenvalue weighted by molar-refractivity contribution is 0.102. The zero-order valence-corrected chi connectivity index (χ0v) is 16.8. The highest BCUT2D eigenvalue weighted by Crippen LogP contribution is 2.28. The first-order valence-corrected chi connectivity index (χ1v) is 9.51. The number of benzene rings is 1. The van der Waals surface area contributed by atoms with Gasteiger partial charge in [-0.2, -0.15) is 4.80 Å². The van der Waals surface area contributed by atoms with E-state index in [1.807, 2.05) is 31.2 Å². The normalized spacial score (nSPS) is 14.2. The predicted molar refractivity (Wildman–Crippen MR) is 112 cm³/mol. The van der Waals surface area contributed by atoms with Crippen LogP contribution in [-0.2, 0) is 7.05 Å². The summed E-state index contributed by atoms with van der Waals surface area (Å²) in [5.41, 5.74) is 5.98. The maximum atomic E-state index is 12.5. The molecule has 8 heteroatoms. The first-order valence-electron chi connectivity index (χ1n) is 9.51. The maximum absolute atomic E-state index is 12.5. The van der Waals surface area contributed by atoms with E-state index in [-0.39, 0.29) is 5.91 Å². The average Bonchev–Trinajstić information content (AvgIpc) is 3.16. The molecule has 8 nitrogen and oxygen atoms in total. The fourth-order valence-electron chi connectivity index (χ4n) is 3.45. The third-order valence-corrected chi connectivity index (χ3v) is 5.16. The molecule has 2 aromatic heterocycles. The van der Waals surface area contributed by atoms with Gasteiger partial charge in [-0.15, -0.1) is 5.10 Å². The molecule has 0 atom stereocenters. The van der Waals surface area contributed by atoms with Crippen molar-refractivity contribution >= 4 is 23.1 Å². The number of carbonyl (C=O) groups is 1. The highest BCUT2D eigenvalue weighted by molar-refractivity contribution is 6.05. The summed E-state index contributed by atoms with van der Waals surface area (Å²) in [6, 6.07) is 9.68. The summed E-state index contributed by atoms with van der Waals surface area (Å²) in [5, 5.41) is 15.3. The van der Waals surface area contributed by atoms with E-state index in [4.69, 9.17) is 0 Å². The zero-order chi connectivity index (χ0) is 20.4. The number of hydrogen-bond donors (Lipinski definition) is 1. The fourth-order valence-corrected chi connectivity index (χ4v) is 3.45. The van der Waals surface area contributed by atoms with Crippen molar-refractivity contribution in [2.45, 2.75) is 20.3 Å². The lowest BCUT2D eigenvalue weighted by atomic mass is 9.95. The summed E-state index contributed by atoms with van der Waals surface area (Å²) in [6.45, 7) is 5.65. The lowest BCUT2D eigenvalue weighted by Crippen LogP contribution is -2.31. The Morgan fingerprint density at radius 2 is 1.93 bits per heavy atom. The Labute approximate surface area is 169 Å². The molecule has 0 saturated carbocycles. The molecule has 1 N–H and O–H groups in total. The monoisotopic (exact) mass is 389 g/mol. The number of amides is 1. The summed E-state index contributed by atoms with van der Waals surface area (Å²) in [6.07, 6.45) is 4.27. The van der Waals surface area contributed by atoms with E-state index in [9.17, 15) is 4.79 Å². The summed E-state index contributed by atoms with van der Waals surface area (Å²) < 4.78 is 0. The predicted octanol–water partition coefficient (Wildman–Crippen LogP) is 2.85. The Balaban J connectivity index is 1.49. The number of pyridine rings is 1. The van der Waals surface area contributed by atoms with Gasteiger partial charge in [0.1, 0.15) is 0 Å². The Morgan fingerprint density at radius 1 is 1.14 bits per heavy atom. The Morgan fingerprint density at radius 3 is 2.62 bits per heavy atom. The van der Waals surface area contributed by atoms with Crippen molar-refractivity contribution in [3.63, 3.8) is 0 Å². The molecule has 0 radical (unpaired) electrons. The number of tetrazole rings is 1. The highest BCUT2D eigenvalue weighted by Gasteiger charge is 2.21. The van der Waals surface area contributed by atoms with Crippen LogP contribution in [0.1, 0.15) is 34.8 Å². The van der Waals surface area contributed by atoms with Crippen molar-refractivity contribution in [1.82, 2.24) is 25.2 Å². The molecule has 4 rings (SSSR count). The smallest absolute Gasteiger partial charge is 0.266 e. The molecule has 0 fully saturated rings. The van der Waals surface area contributed by atoms with Crippen LogP contribution in [0.4, 0.5) is 11.6 Å². The van der Waals surface area contributed by atoms with Crippen molar-refractivity contribution in [3.8, 4) is 0 Å². The minimum atomic E-state index is -0.134. The number of nitrogens with zero attached hydrogens (tertiary/aromatic N) is 6. The number of aryl methyl sites for hydroxylation is 2. The summed E-state index contributed by atoms with van der Waals surface area (Å²) in [5.74, 6) is 0.514. The van der Waals surface area contributed by atoms with Crippen LogP contribution in [-0.4, -0.2) is 44.2 Å². The number of aromatic nitrogens is 5. The van der Waals surface area contributed by atoms with Crippen LogP contribution >= 0.6 is 0 Å². The average molecular weight is 389 g/mol. The fraction of sp³-hybridized carbons (Fsp3) is 0.286.